The first kappa shape index (κ1) is 14.4. The molecule has 0 aliphatic rings. The minimum Gasteiger partial charge on any atom is -0.165 e. The van der Waals surface area contributed by atoms with Crippen molar-refractivity contribution in [1.82, 2.24) is 0 Å². The third-order valence-corrected chi connectivity index (χ3v) is 2.29. The Morgan fingerprint density at radius 3 is 2.44 bits per heavy atom. The summed E-state index contributed by atoms with van der Waals surface area (Å²) in [6.45, 7) is 1.98. The minimum atomic E-state index is -4.39. The fourth-order valence-corrected chi connectivity index (χ4v) is 1.33. The van der Waals surface area contributed by atoms with Gasteiger partial charge < -0.3 is 0 Å². The van der Waals surface area contributed by atoms with Crippen molar-refractivity contribution in [3.05, 3.63) is 41.5 Å². The molecule has 0 bridgehead atoms. The van der Waals surface area contributed by atoms with Crippen molar-refractivity contribution < 1.29 is 13.2 Å². The Labute approximate surface area is 106 Å². The van der Waals surface area contributed by atoms with Gasteiger partial charge in [-0.05, 0) is 18.1 Å². The van der Waals surface area contributed by atoms with Crippen LogP contribution in [0.4, 0.5) is 13.2 Å². The van der Waals surface area contributed by atoms with Crippen LogP contribution in [0.2, 0.25) is 0 Å². The predicted molar refractivity (Wildman–Crippen MR) is 67.8 cm³/mol. The van der Waals surface area contributed by atoms with Crippen LogP contribution in [0, 0.1) is 11.8 Å². The predicted octanol–water partition coefficient (Wildman–Crippen LogP) is 4.83. The molecule has 0 aliphatic carbocycles. The molecule has 0 aliphatic heterocycles. The molecule has 0 radical (unpaired) electrons. The molecule has 0 saturated carbocycles. The highest BCUT2D eigenvalue weighted by Gasteiger charge is 2.32. The second-order valence-electron chi connectivity index (χ2n) is 3.87. The Bertz CT molecular complexity index is 444. The molecule has 0 N–H and O–H groups in total. The fourth-order valence-electron chi connectivity index (χ4n) is 1.33. The average molecular weight is 252 g/mol. The van der Waals surface area contributed by atoms with Gasteiger partial charge in [-0.15, -0.1) is 0 Å². The SMILES string of the molecule is CCCCC#C/C(=C/c1ccccc1)C(F)(F)F. The van der Waals surface area contributed by atoms with Crippen LogP contribution < -0.4 is 0 Å². The first-order valence-corrected chi connectivity index (χ1v) is 5.87. The maximum Gasteiger partial charge on any atom is 0.424 e. The number of hydrogen-bond acceptors (Lipinski definition) is 0. The van der Waals surface area contributed by atoms with Crippen molar-refractivity contribution in [3.63, 3.8) is 0 Å². The van der Waals surface area contributed by atoms with Crippen LogP contribution in [-0.4, -0.2) is 6.18 Å². The van der Waals surface area contributed by atoms with Crippen molar-refractivity contribution in [2.75, 3.05) is 0 Å². The van der Waals surface area contributed by atoms with Crippen LogP contribution in [0.5, 0.6) is 0 Å². The van der Waals surface area contributed by atoms with Gasteiger partial charge in [0, 0.05) is 6.42 Å². The van der Waals surface area contributed by atoms with Crippen LogP contribution in [0.3, 0.4) is 0 Å². The summed E-state index contributed by atoms with van der Waals surface area (Å²) >= 11 is 0. The van der Waals surface area contributed by atoms with E-state index < -0.39 is 11.7 Å². The Kier molecular flexibility index (Phi) is 5.51. The van der Waals surface area contributed by atoms with E-state index in [2.05, 4.69) is 11.8 Å². The third-order valence-electron chi connectivity index (χ3n) is 2.29. The van der Waals surface area contributed by atoms with Crippen molar-refractivity contribution >= 4 is 6.08 Å². The molecule has 0 heterocycles. The van der Waals surface area contributed by atoms with E-state index in [4.69, 9.17) is 0 Å². The van der Waals surface area contributed by atoms with E-state index in [9.17, 15) is 13.2 Å². The molecule has 0 atom stereocenters. The number of halogens is 3. The van der Waals surface area contributed by atoms with Gasteiger partial charge in [-0.3, -0.25) is 0 Å². The van der Waals surface area contributed by atoms with Gasteiger partial charge in [0.25, 0.3) is 0 Å². The molecule has 0 amide bonds. The van der Waals surface area contributed by atoms with E-state index in [1.54, 1.807) is 30.3 Å². The van der Waals surface area contributed by atoms with E-state index in [1.807, 2.05) is 6.92 Å². The summed E-state index contributed by atoms with van der Waals surface area (Å²) in [6, 6.07) is 8.41. The van der Waals surface area contributed by atoms with Gasteiger partial charge in [0.15, 0.2) is 0 Å². The number of alkyl halides is 3. The fraction of sp³-hybridized carbons (Fsp3) is 0.333. The Balaban J connectivity index is 2.92. The topological polar surface area (TPSA) is 0 Å². The first-order chi connectivity index (χ1) is 8.54. The molecule has 3 heteroatoms. The lowest BCUT2D eigenvalue weighted by Crippen LogP contribution is -2.10. The second kappa shape index (κ2) is 6.90. The lowest BCUT2D eigenvalue weighted by Gasteiger charge is -2.05. The maximum atomic E-state index is 12.7. The third kappa shape index (κ3) is 5.09. The number of hydrogen-bond donors (Lipinski definition) is 0. The summed E-state index contributed by atoms with van der Waals surface area (Å²) < 4.78 is 38.2. The van der Waals surface area contributed by atoms with Crippen molar-refractivity contribution in [2.45, 2.75) is 32.4 Å². The van der Waals surface area contributed by atoms with Gasteiger partial charge in [-0.25, -0.2) is 0 Å². The van der Waals surface area contributed by atoms with Crippen LogP contribution in [0.1, 0.15) is 31.7 Å². The smallest absolute Gasteiger partial charge is 0.165 e. The lowest BCUT2D eigenvalue weighted by atomic mass is 10.1. The van der Waals surface area contributed by atoms with E-state index >= 15 is 0 Å². The van der Waals surface area contributed by atoms with Crippen LogP contribution in [0.15, 0.2) is 35.9 Å². The molecule has 0 unspecified atom stereocenters. The van der Waals surface area contributed by atoms with Crippen molar-refractivity contribution in [3.8, 4) is 11.8 Å². The van der Waals surface area contributed by atoms with Gasteiger partial charge in [0.05, 0.1) is 0 Å². The maximum absolute atomic E-state index is 12.7. The Morgan fingerprint density at radius 2 is 1.89 bits per heavy atom. The minimum absolute atomic E-state index is 0.499. The zero-order valence-corrected chi connectivity index (χ0v) is 10.2. The molecule has 0 saturated heterocycles. The average Bonchev–Trinajstić information content (AvgIpc) is 2.33. The van der Waals surface area contributed by atoms with E-state index in [0.717, 1.165) is 18.9 Å². The highest BCUT2D eigenvalue weighted by molar-refractivity contribution is 5.59. The van der Waals surface area contributed by atoms with Crippen molar-refractivity contribution in [1.29, 1.82) is 0 Å². The monoisotopic (exact) mass is 252 g/mol. The summed E-state index contributed by atoms with van der Waals surface area (Å²) in [5.41, 5.74) is -0.278. The molecule has 1 rings (SSSR count). The van der Waals surface area contributed by atoms with Crippen molar-refractivity contribution in [2.24, 2.45) is 0 Å². The summed E-state index contributed by atoms with van der Waals surface area (Å²) in [6.07, 6.45) is -1.06. The normalized spacial score (nSPS) is 11.9. The van der Waals surface area contributed by atoms with Gasteiger partial charge in [0.1, 0.15) is 5.57 Å². The molecule has 0 spiro atoms. The molecule has 18 heavy (non-hydrogen) atoms. The number of allylic oxidation sites excluding steroid dienone is 1. The van der Waals surface area contributed by atoms with Gasteiger partial charge in [-0.2, -0.15) is 13.2 Å². The summed E-state index contributed by atoms with van der Waals surface area (Å²) in [4.78, 5) is 0. The molecule has 96 valence electrons. The standard InChI is InChI=1S/C15H15F3/c1-2-3-4-8-11-14(15(16,17)18)12-13-9-6-5-7-10-13/h5-7,9-10,12H,2-4H2,1H3/b14-12-. The Morgan fingerprint density at radius 1 is 1.22 bits per heavy atom. The molecule has 0 aromatic heterocycles. The lowest BCUT2D eigenvalue weighted by molar-refractivity contribution is -0.0863. The molecule has 0 nitrogen and oxygen atoms in total. The Hall–Kier alpha value is -1.69. The van der Waals surface area contributed by atoms with E-state index in [1.165, 1.54) is 0 Å². The second-order valence-corrected chi connectivity index (χ2v) is 3.87. The summed E-state index contributed by atoms with van der Waals surface area (Å²) in [5, 5.41) is 0. The highest BCUT2D eigenvalue weighted by Crippen LogP contribution is 2.26. The molecule has 1 aromatic rings. The van der Waals surface area contributed by atoms with Gasteiger partial charge in [-0.1, -0.05) is 55.5 Å². The molecular formula is C15H15F3. The van der Waals surface area contributed by atoms with E-state index in [0.29, 0.717) is 12.0 Å². The zero-order valence-electron chi connectivity index (χ0n) is 10.2. The number of benzene rings is 1. The number of rotatable bonds is 3. The number of unbranched alkanes of at least 4 members (excludes halogenated alkanes) is 2. The van der Waals surface area contributed by atoms with Crippen LogP contribution >= 0.6 is 0 Å². The summed E-state index contributed by atoms with van der Waals surface area (Å²) in [5.74, 6) is 4.80. The van der Waals surface area contributed by atoms with Crippen LogP contribution in [0.25, 0.3) is 6.08 Å². The molecular weight excluding hydrogens is 237 g/mol. The molecule has 1 aromatic carbocycles. The molecule has 0 fully saturated rings. The van der Waals surface area contributed by atoms with E-state index in [-0.39, 0.29) is 0 Å². The first-order valence-electron chi connectivity index (χ1n) is 5.87. The highest BCUT2D eigenvalue weighted by atomic mass is 19.4. The zero-order chi connectivity index (χ0) is 13.4. The largest absolute Gasteiger partial charge is 0.424 e. The van der Waals surface area contributed by atoms with Gasteiger partial charge in [0.2, 0.25) is 0 Å². The summed E-state index contributed by atoms with van der Waals surface area (Å²) in [7, 11) is 0. The van der Waals surface area contributed by atoms with Crippen LogP contribution in [-0.2, 0) is 0 Å². The van der Waals surface area contributed by atoms with Gasteiger partial charge >= 0.3 is 6.18 Å². The quantitative estimate of drug-likeness (QED) is 0.534.